The van der Waals surface area contributed by atoms with Crippen molar-refractivity contribution in [1.82, 2.24) is 4.90 Å². The molecule has 2 aromatic rings. The SMILES string of the molecule is C=CCN(C(=O)OC(C)(C)C)[C@@H](CC(=O)OC)C(=O)Nc1cc(CC)ccc1OCc1cc(C=C)cc(OC)c1. The van der Waals surface area contributed by atoms with Crippen LogP contribution in [0, 0.1) is 0 Å². The summed E-state index contributed by atoms with van der Waals surface area (Å²) in [6, 6.07) is 9.89. The fraction of sp³-hybridized carbons (Fsp3) is 0.387. The van der Waals surface area contributed by atoms with Gasteiger partial charge in [-0.15, -0.1) is 6.58 Å². The van der Waals surface area contributed by atoms with E-state index in [2.05, 4.69) is 18.5 Å². The maximum Gasteiger partial charge on any atom is 0.411 e. The van der Waals surface area contributed by atoms with Crippen LogP contribution >= 0.6 is 0 Å². The van der Waals surface area contributed by atoms with Gasteiger partial charge in [-0.1, -0.05) is 31.7 Å². The number of rotatable bonds is 13. The Kier molecular flexibility index (Phi) is 11.8. The molecule has 0 aliphatic carbocycles. The third-order valence-corrected chi connectivity index (χ3v) is 5.78. The van der Waals surface area contributed by atoms with Crippen molar-refractivity contribution in [2.75, 3.05) is 26.1 Å². The summed E-state index contributed by atoms with van der Waals surface area (Å²) in [6.07, 6.45) is 2.75. The van der Waals surface area contributed by atoms with E-state index in [0.29, 0.717) is 23.6 Å². The molecule has 0 aromatic heterocycles. The van der Waals surface area contributed by atoms with Gasteiger partial charge in [0.15, 0.2) is 0 Å². The highest BCUT2D eigenvalue weighted by Gasteiger charge is 2.35. The van der Waals surface area contributed by atoms with Gasteiger partial charge in [0, 0.05) is 6.54 Å². The molecule has 40 heavy (non-hydrogen) atoms. The molecule has 0 fully saturated rings. The second-order valence-electron chi connectivity index (χ2n) is 10.00. The van der Waals surface area contributed by atoms with Crippen LogP contribution in [-0.2, 0) is 32.1 Å². The Balaban J connectivity index is 2.40. The molecule has 0 aliphatic rings. The van der Waals surface area contributed by atoms with Crippen LogP contribution in [0.3, 0.4) is 0 Å². The first-order valence-corrected chi connectivity index (χ1v) is 13.0. The van der Waals surface area contributed by atoms with E-state index in [0.717, 1.165) is 21.6 Å². The number of carbonyl (C=O) groups is 3. The van der Waals surface area contributed by atoms with Gasteiger partial charge in [-0.2, -0.15) is 0 Å². The summed E-state index contributed by atoms with van der Waals surface area (Å²) in [6.45, 7) is 14.8. The minimum Gasteiger partial charge on any atom is -0.497 e. The molecule has 9 heteroatoms. The van der Waals surface area contributed by atoms with Crippen molar-refractivity contribution in [2.45, 2.75) is 58.8 Å². The Labute approximate surface area is 236 Å². The Morgan fingerprint density at radius 3 is 2.35 bits per heavy atom. The molecule has 216 valence electrons. The summed E-state index contributed by atoms with van der Waals surface area (Å²) in [5.74, 6) is -0.182. The maximum atomic E-state index is 13.7. The zero-order chi connectivity index (χ0) is 29.9. The first-order valence-electron chi connectivity index (χ1n) is 13.0. The standard InChI is InChI=1S/C31H40N2O7/c1-9-14-33(30(36)40-31(4,5)6)26(19-28(34)38-8)29(35)32-25-18-21(10-2)12-13-27(25)39-20-23-15-22(11-3)16-24(17-23)37-7/h9,11-13,15-18,26H,1,3,10,14,19-20H2,2,4-8H3,(H,32,35)/t26-/m0/s1. The number of aryl methyl sites for hydroxylation is 1. The van der Waals surface area contributed by atoms with Crippen LogP contribution in [0.5, 0.6) is 11.5 Å². The molecule has 0 aliphatic heterocycles. The largest absolute Gasteiger partial charge is 0.497 e. The summed E-state index contributed by atoms with van der Waals surface area (Å²) < 4.78 is 21.8. The van der Waals surface area contributed by atoms with Gasteiger partial charge in [-0.05, 0) is 74.2 Å². The molecule has 1 atom stereocenters. The zero-order valence-corrected chi connectivity index (χ0v) is 24.2. The van der Waals surface area contributed by atoms with Gasteiger partial charge in [0.25, 0.3) is 0 Å². The average molecular weight is 553 g/mol. The number of ether oxygens (including phenoxy) is 4. The van der Waals surface area contributed by atoms with E-state index in [1.807, 2.05) is 31.2 Å². The normalized spacial score (nSPS) is 11.6. The topological polar surface area (TPSA) is 103 Å². The number of anilines is 1. The second-order valence-corrected chi connectivity index (χ2v) is 10.00. The van der Waals surface area contributed by atoms with E-state index >= 15 is 0 Å². The van der Waals surface area contributed by atoms with Crippen molar-refractivity contribution in [2.24, 2.45) is 0 Å². The monoisotopic (exact) mass is 552 g/mol. The highest BCUT2D eigenvalue weighted by atomic mass is 16.6. The number of hydrogen-bond acceptors (Lipinski definition) is 7. The Hall–Kier alpha value is -4.27. The molecule has 1 N–H and O–H groups in total. The molecule has 0 unspecified atom stereocenters. The minimum absolute atomic E-state index is 0.0240. The number of carbonyl (C=O) groups excluding carboxylic acids is 3. The molecule has 0 bridgehead atoms. The fourth-order valence-electron chi connectivity index (χ4n) is 3.78. The molecule has 2 amide bonds. The maximum absolute atomic E-state index is 13.7. The molecule has 0 heterocycles. The molecule has 2 aromatic carbocycles. The molecule has 0 radical (unpaired) electrons. The number of benzene rings is 2. The number of nitrogens with one attached hydrogen (secondary N) is 1. The Bertz CT molecular complexity index is 1220. The molecule has 0 saturated heterocycles. The summed E-state index contributed by atoms with van der Waals surface area (Å²) in [5.41, 5.74) is 2.26. The van der Waals surface area contributed by atoms with E-state index in [9.17, 15) is 14.4 Å². The molecular weight excluding hydrogens is 512 g/mol. The molecular formula is C31H40N2O7. The van der Waals surface area contributed by atoms with Gasteiger partial charge >= 0.3 is 12.1 Å². The van der Waals surface area contributed by atoms with E-state index in [4.69, 9.17) is 18.9 Å². The lowest BCUT2D eigenvalue weighted by molar-refractivity contribution is -0.143. The molecule has 0 saturated carbocycles. The van der Waals surface area contributed by atoms with Crippen LogP contribution in [0.1, 0.15) is 50.8 Å². The first-order chi connectivity index (χ1) is 18.9. The number of methoxy groups -OCH3 is 2. The predicted molar refractivity (Wildman–Crippen MR) is 155 cm³/mol. The molecule has 2 rings (SSSR count). The molecule has 9 nitrogen and oxygen atoms in total. The van der Waals surface area contributed by atoms with E-state index in [-0.39, 0.29) is 19.6 Å². The third kappa shape index (κ3) is 9.48. The number of esters is 1. The average Bonchev–Trinajstić information content (AvgIpc) is 2.92. The first kappa shape index (κ1) is 31.9. The van der Waals surface area contributed by atoms with Crippen molar-refractivity contribution in [3.8, 4) is 11.5 Å². The Morgan fingerprint density at radius 1 is 1.05 bits per heavy atom. The lowest BCUT2D eigenvalue weighted by Gasteiger charge is -2.31. The van der Waals surface area contributed by atoms with Crippen molar-refractivity contribution in [3.63, 3.8) is 0 Å². The number of amides is 2. The number of nitrogens with zero attached hydrogens (tertiary/aromatic N) is 1. The van der Waals surface area contributed by atoms with Gasteiger partial charge in [0.1, 0.15) is 29.7 Å². The van der Waals surface area contributed by atoms with Crippen molar-refractivity contribution < 1.29 is 33.3 Å². The lowest BCUT2D eigenvalue weighted by atomic mass is 10.1. The van der Waals surface area contributed by atoms with Gasteiger partial charge in [0.2, 0.25) is 5.91 Å². The van der Waals surface area contributed by atoms with Crippen LogP contribution in [0.15, 0.2) is 55.6 Å². The van der Waals surface area contributed by atoms with Gasteiger partial charge < -0.3 is 24.3 Å². The van der Waals surface area contributed by atoms with E-state index in [1.165, 1.54) is 13.2 Å². The smallest absolute Gasteiger partial charge is 0.411 e. The van der Waals surface area contributed by atoms with Gasteiger partial charge in [-0.25, -0.2) is 4.79 Å². The lowest BCUT2D eigenvalue weighted by Crippen LogP contribution is -2.50. The summed E-state index contributed by atoms with van der Waals surface area (Å²) in [5, 5.41) is 2.86. The van der Waals surface area contributed by atoms with E-state index < -0.39 is 29.6 Å². The fourth-order valence-corrected chi connectivity index (χ4v) is 3.78. The quantitative estimate of drug-likeness (QED) is 0.248. The predicted octanol–water partition coefficient (Wildman–Crippen LogP) is 5.77. The van der Waals surface area contributed by atoms with Crippen molar-refractivity contribution in [3.05, 3.63) is 72.3 Å². The minimum atomic E-state index is -1.23. The van der Waals surface area contributed by atoms with Crippen LogP contribution in [0.4, 0.5) is 10.5 Å². The number of hydrogen-bond donors (Lipinski definition) is 1. The van der Waals surface area contributed by atoms with Gasteiger partial charge in [-0.3, -0.25) is 14.5 Å². The summed E-state index contributed by atoms with van der Waals surface area (Å²) >= 11 is 0. The van der Waals surface area contributed by atoms with Gasteiger partial charge in [0.05, 0.1) is 26.3 Å². The highest BCUT2D eigenvalue weighted by Crippen LogP contribution is 2.29. The third-order valence-electron chi connectivity index (χ3n) is 5.78. The summed E-state index contributed by atoms with van der Waals surface area (Å²) in [4.78, 5) is 40.1. The second kappa shape index (κ2) is 14.8. The van der Waals surface area contributed by atoms with Crippen molar-refractivity contribution >= 4 is 29.7 Å². The van der Waals surface area contributed by atoms with E-state index in [1.54, 1.807) is 46.1 Å². The Morgan fingerprint density at radius 2 is 1.77 bits per heavy atom. The summed E-state index contributed by atoms with van der Waals surface area (Å²) in [7, 11) is 2.80. The van der Waals surface area contributed by atoms with Crippen LogP contribution in [0.25, 0.3) is 6.08 Å². The van der Waals surface area contributed by atoms with Crippen LogP contribution < -0.4 is 14.8 Å². The highest BCUT2D eigenvalue weighted by molar-refractivity contribution is 5.99. The molecule has 0 spiro atoms. The van der Waals surface area contributed by atoms with Crippen LogP contribution in [-0.4, -0.2) is 55.3 Å². The van der Waals surface area contributed by atoms with Crippen molar-refractivity contribution in [1.29, 1.82) is 0 Å². The zero-order valence-electron chi connectivity index (χ0n) is 24.2. The van der Waals surface area contributed by atoms with Crippen LogP contribution in [0.2, 0.25) is 0 Å².